The van der Waals surface area contributed by atoms with E-state index in [0.29, 0.717) is 16.6 Å². The highest BCUT2D eigenvalue weighted by Gasteiger charge is 2.23. The number of nitrogens with zero attached hydrogens (tertiary/aromatic N) is 3. The molecule has 11 heteroatoms. The molecule has 0 atom stereocenters. The van der Waals surface area contributed by atoms with E-state index < -0.39 is 15.8 Å². The van der Waals surface area contributed by atoms with Gasteiger partial charge < -0.3 is 10.3 Å². The molecule has 0 bridgehead atoms. The third kappa shape index (κ3) is 3.45. The topological polar surface area (TPSA) is 103 Å². The zero-order valence-electron chi connectivity index (χ0n) is 15.4. The van der Waals surface area contributed by atoms with Crippen LogP contribution >= 0.6 is 23.2 Å². The largest absolute Gasteiger partial charge is 0.383 e. The van der Waals surface area contributed by atoms with Gasteiger partial charge in [-0.2, -0.15) is 0 Å². The zero-order valence-corrected chi connectivity index (χ0v) is 17.7. The molecule has 2 aromatic heterocycles. The Bertz CT molecular complexity index is 1410. The predicted molar refractivity (Wildman–Crippen MR) is 116 cm³/mol. The number of nitrogens with two attached hydrogens (primary N) is 1. The van der Waals surface area contributed by atoms with Gasteiger partial charge in [0.25, 0.3) is 10.0 Å². The molecule has 0 aliphatic rings. The van der Waals surface area contributed by atoms with Crippen molar-refractivity contribution in [1.29, 1.82) is 0 Å². The summed E-state index contributed by atoms with van der Waals surface area (Å²) in [4.78, 5) is 7.88. The fourth-order valence-electron chi connectivity index (χ4n) is 3.14. The van der Waals surface area contributed by atoms with Gasteiger partial charge in [-0.1, -0.05) is 35.3 Å². The average Bonchev–Trinajstić information content (AvgIpc) is 3.03. The number of anilines is 2. The molecule has 4 aromatic rings. The van der Waals surface area contributed by atoms with Crippen LogP contribution in [0.5, 0.6) is 0 Å². The fourth-order valence-corrected chi connectivity index (χ4v) is 4.96. The number of hydrogen-bond donors (Lipinski definition) is 2. The first-order valence-corrected chi connectivity index (χ1v) is 10.7. The molecular weight excluding hydrogens is 452 g/mol. The first-order valence-electron chi connectivity index (χ1n) is 8.51. The summed E-state index contributed by atoms with van der Waals surface area (Å²) >= 11 is 11.9. The molecule has 0 saturated heterocycles. The number of aryl methyl sites for hydroxylation is 1. The Morgan fingerprint density at radius 1 is 1.13 bits per heavy atom. The normalized spacial score (nSPS) is 11.7. The molecule has 0 saturated carbocycles. The van der Waals surface area contributed by atoms with Gasteiger partial charge in [0.1, 0.15) is 22.7 Å². The summed E-state index contributed by atoms with van der Waals surface area (Å²) < 4.78 is 44.9. The highest BCUT2D eigenvalue weighted by atomic mass is 35.5. The summed E-state index contributed by atoms with van der Waals surface area (Å²) in [5.41, 5.74) is 6.82. The molecule has 0 fully saturated rings. The van der Waals surface area contributed by atoms with Gasteiger partial charge in [0.2, 0.25) is 0 Å². The molecule has 30 heavy (non-hydrogen) atoms. The number of rotatable bonds is 4. The summed E-state index contributed by atoms with van der Waals surface area (Å²) in [5, 5.41) is 0.611. The summed E-state index contributed by atoms with van der Waals surface area (Å²) in [5.74, 6) is -0.596. The van der Waals surface area contributed by atoms with Crippen LogP contribution in [0.15, 0.2) is 53.8 Å². The molecule has 0 amide bonds. The second-order valence-electron chi connectivity index (χ2n) is 6.46. The predicted octanol–water partition coefficient (Wildman–Crippen LogP) is 4.46. The van der Waals surface area contributed by atoms with Crippen LogP contribution in [0.4, 0.5) is 15.9 Å². The highest BCUT2D eigenvalue weighted by Crippen LogP contribution is 2.36. The molecule has 2 aromatic carbocycles. The van der Waals surface area contributed by atoms with Crippen LogP contribution in [0.3, 0.4) is 0 Å². The lowest BCUT2D eigenvalue weighted by molar-refractivity contribution is 0.599. The van der Waals surface area contributed by atoms with E-state index in [1.54, 1.807) is 17.8 Å². The Morgan fingerprint density at radius 3 is 2.67 bits per heavy atom. The minimum Gasteiger partial charge on any atom is -0.383 e. The van der Waals surface area contributed by atoms with Crippen LogP contribution in [0.25, 0.3) is 22.2 Å². The molecule has 0 aliphatic heterocycles. The van der Waals surface area contributed by atoms with E-state index in [2.05, 4.69) is 14.7 Å². The van der Waals surface area contributed by atoms with Crippen molar-refractivity contribution in [2.24, 2.45) is 7.05 Å². The van der Waals surface area contributed by atoms with E-state index in [4.69, 9.17) is 28.9 Å². The third-order valence-corrected chi connectivity index (χ3v) is 6.58. The maximum absolute atomic E-state index is 15.4. The lowest BCUT2D eigenvalue weighted by Gasteiger charge is -2.12. The molecular formula is C19H14Cl2FN5O2S. The van der Waals surface area contributed by atoms with E-state index in [-0.39, 0.29) is 32.0 Å². The van der Waals surface area contributed by atoms with Crippen molar-refractivity contribution in [3.63, 3.8) is 0 Å². The quantitative estimate of drug-likeness (QED) is 0.462. The van der Waals surface area contributed by atoms with Crippen molar-refractivity contribution in [2.45, 2.75) is 4.90 Å². The van der Waals surface area contributed by atoms with Gasteiger partial charge in [-0.3, -0.25) is 4.72 Å². The highest BCUT2D eigenvalue weighted by molar-refractivity contribution is 7.92. The zero-order chi connectivity index (χ0) is 21.6. The summed E-state index contributed by atoms with van der Waals surface area (Å²) in [6.07, 6.45) is 2.97. The minimum absolute atomic E-state index is 0.0394. The van der Waals surface area contributed by atoms with Crippen LogP contribution in [0.2, 0.25) is 10.0 Å². The summed E-state index contributed by atoms with van der Waals surface area (Å²) in [7, 11) is -2.45. The lowest BCUT2D eigenvalue weighted by Crippen LogP contribution is -2.14. The third-order valence-electron chi connectivity index (χ3n) is 4.50. The van der Waals surface area contributed by atoms with E-state index in [1.807, 2.05) is 0 Å². The standard InChI is InChI=1S/C19H14Cl2FN5O2S/c1-27-8-12(16-18(23)24-9-25-19(16)27)11-3-2-4-14(17(11)22)26-30(28,29)15-7-10(20)5-6-13(15)21/h2-9,26H,1H3,(H2,23,24,25). The van der Waals surface area contributed by atoms with Crippen LogP contribution in [-0.4, -0.2) is 23.0 Å². The lowest BCUT2D eigenvalue weighted by atomic mass is 10.0. The number of nitrogen functional groups attached to an aromatic ring is 1. The number of benzene rings is 2. The Morgan fingerprint density at radius 2 is 1.90 bits per heavy atom. The minimum atomic E-state index is -4.19. The number of nitrogens with one attached hydrogen (secondary N) is 1. The number of fused-ring (bicyclic) bond motifs is 1. The Balaban J connectivity index is 1.83. The number of hydrogen-bond acceptors (Lipinski definition) is 5. The van der Waals surface area contributed by atoms with Gasteiger partial charge >= 0.3 is 0 Å². The van der Waals surface area contributed by atoms with E-state index in [0.717, 1.165) is 0 Å². The van der Waals surface area contributed by atoms with Crippen molar-refractivity contribution >= 4 is 55.8 Å². The molecule has 0 spiro atoms. The molecule has 154 valence electrons. The fraction of sp³-hybridized carbons (Fsp3) is 0.0526. The summed E-state index contributed by atoms with van der Waals surface area (Å²) in [6, 6.07) is 8.34. The van der Waals surface area contributed by atoms with Crippen molar-refractivity contribution in [3.05, 3.63) is 64.8 Å². The van der Waals surface area contributed by atoms with E-state index in [9.17, 15) is 8.42 Å². The molecule has 7 nitrogen and oxygen atoms in total. The molecule has 4 rings (SSSR count). The first-order chi connectivity index (χ1) is 14.2. The maximum atomic E-state index is 15.4. The van der Waals surface area contributed by atoms with Crippen LogP contribution < -0.4 is 10.5 Å². The van der Waals surface area contributed by atoms with Gasteiger partial charge in [-0.15, -0.1) is 0 Å². The van der Waals surface area contributed by atoms with Crippen LogP contribution in [0.1, 0.15) is 0 Å². The molecule has 3 N–H and O–H groups in total. The van der Waals surface area contributed by atoms with Gasteiger partial charge in [0, 0.05) is 29.4 Å². The smallest absolute Gasteiger partial charge is 0.263 e. The SMILES string of the molecule is Cn1cc(-c2cccc(NS(=O)(=O)c3cc(Cl)ccc3Cl)c2F)c2c(N)ncnc21. The van der Waals surface area contributed by atoms with Crippen LogP contribution in [0, 0.1) is 5.82 Å². The summed E-state index contributed by atoms with van der Waals surface area (Å²) in [6.45, 7) is 0. The van der Waals surface area contributed by atoms with Crippen molar-refractivity contribution in [1.82, 2.24) is 14.5 Å². The monoisotopic (exact) mass is 465 g/mol. The number of sulfonamides is 1. The second kappa shape index (κ2) is 7.42. The van der Waals surface area contributed by atoms with E-state index >= 15 is 4.39 Å². The van der Waals surface area contributed by atoms with Gasteiger partial charge in [0.05, 0.1) is 16.1 Å². The Hall–Kier alpha value is -2.88. The van der Waals surface area contributed by atoms with Gasteiger partial charge in [-0.05, 0) is 24.3 Å². The maximum Gasteiger partial charge on any atom is 0.263 e. The van der Waals surface area contributed by atoms with Crippen molar-refractivity contribution < 1.29 is 12.8 Å². The Labute approximate surface area is 181 Å². The van der Waals surface area contributed by atoms with E-state index in [1.165, 1.54) is 42.7 Å². The molecule has 0 aliphatic carbocycles. The van der Waals surface area contributed by atoms with Gasteiger partial charge in [0.15, 0.2) is 5.82 Å². The molecule has 0 unspecified atom stereocenters. The number of halogens is 3. The molecule has 0 radical (unpaired) electrons. The number of aromatic nitrogens is 3. The Kier molecular flexibility index (Phi) is 5.05. The van der Waals surface area contributed by atoms with Crippen LogP contribution in [-0.2, 0) is 17.1 Å². The van der Waals surface area contributed by atoms with Gasteiger partial charge in [-0.25, -0.2) is 22.8 Å². The molecule has 2 heterocycles. The average molecular weight is 466 g/mol. The second-order valence-corrected chi connectivity index (χ2v) is 8.95. The van der Waals surface area contributed by atoms with Crippen molar-refractivity contribution in [3.8, 4) is 11.1 Å². The van der Waals surface area contributed by atoms with Crippen molar-refractivity contribution in [2.75, 3.05) is 10.5 Å². The first kappa shape index (κ1) is 20.4.